The largest absolute Gasteiger partial charge is 0.168 e. The lowest BCUT2D eigenvalue weighted by Gasteiger charge is -1.79. The van der Waals surface area contributed by atoms with Crippen molar-refractivity contribution >= 4 is 37.0 Å². The predicted octanol–water partition coefficient (Wildman–Crippen LogP) is 3.40. The summed E-state index contributed by atoms with van der Waals surface area (Å²) >= 11 is 9.52. The zero-order valence-corrected chi connectivity index (χ0v) is 5.32. The van der Waals surface area contributed by atoms with E-state index in [9.17, 15) is 0 Å². The minimum absolute atomic E-state index is 0. The van der Waals surface area contributed by atoms with Crippen molar-refractivity contribution in [1.29, 1.82) is 0 Å². The Morgan fingerprint density at radius 2 is 1.12 bits per heavy atom. The third kappa shape index (κ3) is 27.7. The van der Waals surface area contributed by atoms with Gasteiger partial charge in [0.1, 0.15) is 0 Å². The molecule has 0 amide bonds. The molecule has 0 rings (SSSR count). The third-order valence-corrected chi connectivity index (χ3v) is 1.64. The summed E-state index contributed by atoms with van der Waals surface area (Å²) in [5, 5.41) is 1.76. The molecule has 0 aromatic heterocycles. The van der Waals surface area contributed by atoms with Gasteiger partial charge in [0.05, 0.1) is 0 Å². The maximum absolute atomic E-state index is 3.91. The zero-order chi connectivity index (χ0) is 4.12. The van der Waals surface area contributed by atoms with Gasteiger partial charge in [-0.3, -0.25) is 0 Å². The second-order valence-electron chi connectivity index (χ2n) is 0.462. The zero-order valence-electron chi connectivity index (χ0n) is 2.72. The second kappa shape index (κ2) is 24.4. The summed E-state index contributed by atoms with van der Waals surface area (Å²) in [6.07, 6.45) is 0. The molecule has 0 saturated carbocycles. The Hall–Kier alpha value is 1.05. The van der Waals surface area contributed by atoms with Gasteiger partial charge >= 0.3 is 0 Å². The highest BCUT2D eigenvalue weighted by Gasteiger charge is 1.68. The average molecular weight is 174 g/mol. The quantitative estimate of drug-likeness (QED) is 0.478. The molecule has 0 N–H and O–H groups in total. The molecule has 0 aromatic rings. The summed E-state index contributed by atoms with van der Waals surface area (Å²) < 4.78 is 0. The fourth-order valence-corrected chi connectivity index (χ4v) is 1.10. The van der Waals surface area contributed by atoms with Gasteiger partial charge in [-0.15, -0.1) is 11.8 Å². The average Bonchev–Trinajstić information content (AvgIpc) is 1.41. The highest BCUT2D eigenvalue weighted by molar-refractivity contribution is 8.15. The van der Waals surface area contributed by atoms with Gasteiger partial charge in [-0.25, -0.2) is 0 Å². The van der Waals surface area contributed by atoms with Gasteiger partial charge in [-0.2, -0.15) is 25.3 Å². The Labute approximate surface area is 69.6 Å². The van der Waals surface area contributed by atoms with Gasteiger partial charge in [0.2, 0.25) is 0 Å². The Balaban J connectivity index is -0.0000000267. The van der Waals surface area contributed by atoms with E-state index in [1.807, 2.05) is 0 Å². The van der Waals surface area contributed by atoms with Crippen LogP contribution in [0, 0.1) is 0 Å². The van der Waals surface area contributed by atoms with Crippen molar-refractivity contribution in [2.24, 2.45) is 0 Å². The molecule has 0 saturated heterocycles. The fraction of sp³-hybridized carbons (Fsp3) is 1.00. The maximum atomic E-state index is 3.91. The van der Waals surface area contributed by atoms with Crippen LogP contribution in [0.15, 0.2) is 0 Å². The van der Waals surface area contributed by atoms with E-state index in [0.29, 0.717) is 0 Å². The second-order valence-corrected chi connectivity index (χ2v) is 2.94. The van der Waals surface area contributed by atoms with Gasteiger partial charge in [-0.1, -0.05) is 22.3 Å². The van der Waals surface area contributed by atoms with E-state index >= 15 is 0 Å². The van der Waals surface area contributed by atoms with Crippen LogP contribution in [-0.4, -0.2) is 10.2 Å². The van der Waals surface area contributed by atoms with E-state index in [4.69, 9.17) is 0 Å². The first kappa shape index (κ1) is 23.0. The van der Waals surface area contributed by atoms with Crippen molar-refractivity contribution in [3.63, 3.8) is 0 Å². The summed E-state index contributed by atoms with van der Waals surface area (Å²) in [7, 11) is 0. The normalized spacial score (nSPS) is 5.25. The van der Waals surface area contributed by atoms with Crippen molar-refractivity contribution in [2.75, 3.05) is 10.2 Å². The molecule has 0 unspecified atom stereocenters. The lowest BCUT2D eigenvalue weighted by molar-refractivity contribution is 2.20. The molecule has 0 atom stereocenters. The molecule has 0 aliphatic heterocycles. The predicted molar refractivity (Wildman–Crippen MR) is 55.5 cm³/mol. The Kier molecular flexibility index (Phi) is 70.1. The molecule has 0 fully saturated rings. The smallest absolute Gasteiger partial charge is 0.0370 e. The molecule has 0 spiro atoms. The molecule has 0 nitrogen and oxygen atoms in total. The topological polar surface area (TPSA) is 0 Å². The summed E-state index contributed by atoms with van der Waals surface area (Å²) in [6.45, 7) is 0. The molecule has 0 radical (unpaired) electrons. The number of thiol groups is 2. The molecular formula is C5H18S3. The first-order valence-corrected chi connectivity index (χ1v) is 3.63. The third-order valence-electron chi connectivity index (χ3n) is 0.183. The van der Waals surface area contributed by atoms with Crippen LogP contribution in [0.3, 0.4) is 0 Å². The molecular weight excluding hydrogens is 156 g/mol. The van der Waals surface area contributed by atoms with Gasteiger partial charge in [0, 0.05) is 10.2 Å². The molecule has 0 aliphatic rings. The number of rotatable bonds is 2. The lowest BCUT2D eigenvalue weighted by Crippen LogP contribution is -1.56. The SMILES string of the molecule is C.C.C.SCSCS. The number of hydrogen-bond donors (Lipinski definition) is 2. The molecule has 56 valence electrons. The minimum Gasteiger partial charge on any atom is -0.168 e. The summed E-state index contributed by atoms with van der Waals surface area (Å²) in [6, 6.07) is 0. The maximum Gasteiger partial charge on any atom is 0.0370 e. The first-order valence-electron chi connectivity index (χ1n) is 1.21. The Bertz CT molecular complexity index is 15.1. The van der Waals surface area contributed by atoms with Crippen molar-refractivity contribution < 1.29 is 0 Å². The van der Waals surface area contributed by atoms with Crippen LogP contribution < -0.4 is 0 Å². The molecule has 0 aliphatic carbocycles. The summed E-state index contributed by atoms with van der Waals surface area (Å²) in [5.74, 6) is 0. The van der Waals surface area contributed by atoms with Gasteiger partial charge in [0.15, 0.2) is 0 Å². The van der Waals surface area contributed by atoms with Gasteiger partial charge in [0.25, 0.3) is 0 Å². The summed E-state index contributed by atoms with van der Waals surface area (Å²) in [4.78, 5) is 0. The monoisotopic (exact) mass is 174 g/mol. The van der Waals surface area contributed by atoms with E-state index in [0.717, 1.165) is 10.2 Å². The Morgan fingerprint density at radius 3 is 1.12 bits per heavy atom. The van der Waals surface area contributed by atoms with Crippen molar-refractivity contribution in [3.05, 3.63) is 0 Å². The number of hydrogen-bond acceptors (Lipinski definition) is 3. The van der Waals surface area contributed by atoms with Crippen LogP contribution in [0.4, 0.5) is 0 Å². The minimum atomic E-state index is 0. The number of thioether (sulfide) groups is 1. The molecule has 0 aromatic carbocycles. The molecule has 3 heteroatoms. The van der Waals surface area contributed by atoms with E-state index < -0.39 is 0 Å². The highest BCUT2D eigenvalue weighted by Crippen LogP contribution is 2.01. The van der Waals surface area contributed by atoms with E-state index in [1.54, 1.807) is 11.8 Å². The van der Waals surface area contributed by atoms with Gasteiger partial charge < -0.3 is 0 Å². The van der Waals surface area contributed by atoms with Crippen molar-refractivity contribution in [2.45, 2.75) is 22.3 Å². The summed E-state index contributed by atoms with van der Waals surface area (Å²) in [5.41, 5.74) is 0. The molecule has 0 bridgehead atoms. The van der Waals surface area contributed by atoms with Crippen LogP contribution >= 0.6 is 37.0 Å². The van der Waals surface area contributed by atoms with Crippen LogP contribution in [-0.2, 0) is 0 Å². The Morgan fingerprint density at radius 1 is 0.875 bits per heavy atom. The highest BCUT2D eigenvalue weighted by atomic mass is 32.2. The van der Waals surface area contributed by atoms with E-state index in [2.05, 4.69) is 25.3 Å². The van der Waals surface area contributed by atoms with E-state index in [1.165, 1.54) is 0 Å². The van der Waals surface area contributed by atoms with Crippen LogP contribution in [0.25, 0.3) is 0 Å². The molecule has 8 heavy (non-hydrogen) atoms. The molecule has 0 heterocycles. The van der Waals surface area contributed by atoms with Crippen LogP contribution in [0.5, 0.6) is 0 Å². The standard InChI is InChI=1S/C2H6S3.3CH4/c3-1-5-2-4;;;/h3-4H,1-2H2;3*1H4. The van der Waals surface area contributed by atoms with Gasteiger partial charge in [-0.05, 0) is 0 Å². The lowest BCUT2D eigenvalue weighted by atomic mass is 11.9. The fourth-order valence-electron chi connectivity index (χ4n) is 0.0408. The van der Waals surface area contributed by atoms with Crippen molar-refractivity contribution in [1.82, 2.24) is 0 Å². The first-order chi connectivity index (χ1) is 2.41. The van der Waals surface area contributed by atoms with Crippen LogP contribution in [0.2, 0.25) is 0 Å². The van der Waals surface area contributed by atoms with Crippen molar-refractivity contribution in [3.8, 4) is 0 Å². The van der Waals surface area contributed by atoms with E-state index in [-0.39, 0.29) is 22.3 Å². The van der Waals surface area contributed by atoms with Crippen LogP contribution in [0.1, 0.15) is 22.3 Å².